The Bertz CT molecular complexity index is 605. The topological polar surface area (TPSA) is 75.1 Å². The molecule has 0 aliphatic rings. The van der Waals surface area contributed by atoms with Crippen molar-refractivity contribution in [3.05, 3.63) is 47.9 Å². The van der Waals surface area contributed by atoms with E-state index in [2.05, 4.69) is 15.3 Å². The van der Waals surface area contributed by atoms with E-state index in [0.717, 1.165) is 24.4 Å². The number of aromatic carboxylic acids is 1. The van der Waals surface area contributed by atoms with Crippen molar-refractivity contribution in [1.82, 2.24) is 9.97 Å². The molecule has 0 aliphatic carbocycles. The molecule has 0 amide bonds. The van der Waals surface area contributed by atoms with Crippen LogP contribution in [0.1, 0.15) is 10.5 Å². The molecule has 1 aromatic heterocycles. The van der Waals surface area contributed by atoms with Gasteiger partial charge in [-0.25, -0.2) is 18.6 Å². The zero-order valence-electron chi connectivity index (χ0n) is 8.89. The van der Waals surface area contributed by atoms with Crippen LogP contribution < -0.4 is 5.32 Å². The molecule has 0 unspecified atom stereocenters. The molecule has 0 bridgehead atoms. The summed E-state index contributed by atoms with van der Waals surface area (Å²) in [5.41, 5.74) is -0.441. The minimum absolute atomic E-state index is 0.0133. The fraction of sp³-hybridized carbons (Fsp3) is 0. The van der Waals surface area contributed by atoms with Crippen LogP contribution in [0.2, 0.25) is 0 Å². The molecule has 2 N–H and O–H groups in total. The van der Waals surface area contributed by atoms with Crippen LogP contribution in [0.3, 0.4) is 0 Å². The number of carboxylic acids is 1. The van der Waals surface area contributed by atoms with Crippen LogP contribution in [0.5, 0.6) is 0 Å². The summed E-state index contributed by atoms with van der Waals surface area (Å²) in [6.07, 6.45) is 2.26. The Labute approximate surface area is 100 Å². The number of hydrogen-bond donors (Lipinski definition) is 2. The van der Waals surface area contributed by atoms with Gasteiger partial charge in [0.25, 0.3) is 0 Å². The maximum absolute atomic E-state index is 13.3. The van der Waals surface area contributed by atoms with Gasteiger partial charge in [0.15, 0.2) is 5.69 Å². The first-order valence-corrected chi connectivity index (χ1v) is 4.83. The molecule has 1 heterocycles. The first kappa shape index (κ1) is 11.9. The number of anilines is 2. The number of benzene rings is 1. The molecule has 0 fully saturated rings. The van der Waals surface area contributed by atoms with Crippen molar-refractivity contribution < 1.29 is 18.7 Å². The van der Waals surface area contributed by atoms with E-state index < -0.39 is 17.6 Å². The minimum Gasteiger partial charge on any atom is -0.476 e. The average molecular weight is 251 g/mol. The molecule has 18 heavy (non-hydrogen) atoms. The van der Waals surface area contributed by atoms with Crippen molar-refractivity contribution >= 4 is 17.5 Å². The molecule has 0 spiro atoms. The number of nitrogens with one attached hydrogen (secondary N) is 1. The van der Waals surface area contributed by atoms with Crippen LogP contribution in [0, 0.1) is 11.6 Å². The van der Waals surface area contributed by atoms with Crippen molar-refractivity contribution in [2.45, 2.75) is 0 Å². The van der Waals surface area contributed by atoms with Gasteiger partial charge in [0.2, 0.25) is 0 Å². The largest absolute Gasteiger partial charge is 0.476 e. The third kappa shape index (κ3) is 2.57. The second-order valence-electron chi connectivity index (χ2n) is 3.34. The van der Waals surface area contributed by atoms with Gasteiger partial charge in [-0.05, 0) is 12.1 Å². The molecule has 0 radical (unpaired) electrons. The minimum atomic E-state index is -1.26. The molecular weight excluding hydrogens is 244 g/mol. The molecule has 5 nitrogen and oxygen atoms in total. The molecule has 1 aromatic carbocycles. The Morgan fingerprint density at radius 1 is 1.28 bits per heavy atom. The van der Waals surface area contributed by atoms with Crippen LogP contribution in [-0.4, -0.2) is 21.0 Å². The number of carboxylic acid groups (broad SMARTS) is 1. The van der Waals surface area contributed by atoms with E-state index in [9.17, 15) is 13.6 Å². The number of hydrogen-bond acceptors (Lipinski definition) is 4. The highest BCUT2D eigenvalue weighted by Gasteiger charge is 2.08. The maximum Gasteiger partial charge on any atom is 0.356 e. The third-order valence-electron chi connectivity index (χ3n) is 2.04. The van der Waals surface area contributed by atoms with Crippen molar-refractivity contribution in [2.24, 2.45) is 0 Å². The second kappa shape index (κ2) is 4.74. The Morgan fingerprint density at radius 2 is 2.06 bits per heavy atom. The first-order valence-electron chi connectivity index (χ1n) is 4.83. The Hall–Kier alpha value is -2.57. The summed E-state index contributed by atoms with van der Waals surface area (Å²) >= 11 is 0. The van der Waals surface area contributed by atoms with E-state index in [1.54, 1.807) is 0 Å². The highest BCUT2D eigenvalue weighted by molar-refractivity contribution is 5.85. The third-order valence-corrected chi connectivity index (χ3v) is 2.04. The highest BCUT2D eigenvalue weighted by atomic mass is 19.1. The standard InChI is InChI=1S/C11H7F2N3O2/c12-6-1-2-7(13)8(3-6)15-10-5-14-4-9(16-10)11(17)18/h1-5H,(H,15,16)(H,17,18). The van der Waals surface area contributed by atoms with Gasteiger partial charge in [-0.15, -0.1) is 0 Å². The van der Waals surface area contributed by atoms with Crippen molar-refractivity contribution in [3.8, 4) is 0 Å². The summed E-state index contributed by atoms with van der Waals surface area (Å²) in [5.74, 6) is -2.55. The summed E-state index contributed by atoms with van der Waals surface area (Å²) in [6, 6.07) is 2.86. The molecule has 7 heteroatoms. The van der Waals surface area contributed by atoms with Crippen molar-refractivity contribution in [3.63, 3.8) is 0 Å². The van der Waals surface area contributed by atoms with Crippen LogP contribution >= 0.6 is 0 Å². The van der Waals surface area contributed by atoms with Gasteiger partial charge < -0.3 is 10.4 Å². The van der Waals surface area contributed by atoms with Crippen LogP contribution in [0.25, 0.3) is 0 Å². The monoisotopic (exact) mass is 251 g/mol. The lowest BCUT2D eigenvalue weighted by atomic mass is 10.3. The van der Waals surface area contributed by atoms with E-state index in [1.807, 2.05) is 0 Å². The summed E-state index contributed by atoms with van der Waals surface area (Å²) in [6.45, 7) is 0. The molecule has 92 valence electrons. The number of nitrogens with zero attached hydrogens (tertiary/aromatic N) is 2. The Morgan fingerprint density at radius 3 is 2.78 bits per heavy atom. The molecule has 0 atom stereocenters. The van der Waals surface area contributed by atoms with Gasteiger partial charge in [-0.1, -0.05) is 0 Å². The molecule has 0 aliphatic heterocycles. The molecule has 2 aromatic rings. The van der Waals surface area contributed by atoms with Crippen molar-refractivity contribution in [2.75, 3.05) is 5.32 Å². The predicted octanol–water partition coefficient (Wildman–Crippen LogP) is 2.20. The summed E-state index contributed by atoms with van der Waals surface area (Å²) in [7, 11) is 0. The van der Waals surface area contributed by atoms with E-state index in [-0.39, 0.29) is 17.2 Å². The molecule has 0 saturated carbocycles. The van der Waals surface area contributed by atoms with E-state index in [1.165, 1.54) is 6.20 Å². The lowest BCUT2D eigenvalue weighted by Crippen LogP contribution is -2.04. The highest BCUT2D eigenvalue weighted by Crippen LogP contribution is 2.19. The molecule has 2 rings (SSSR count). The number of halogens is 2. The fourth-order valence-electron chi connectivity index (χ4n) is 1.26. The Kier molecular flexibility index (Phi) is 3.13. The molecular formula is C11H7F2N3O2. The molecule has 0 saturated heterocycles. The summed E-state index contributed by atoms with van der Waals surface area (Å²) in [4.78, 5) is 18.0. The summed E-state index contributed by atoms with van der Waals surface area (Å²) < 4.78 is 26.2. The second-order valence-corrected chi connectivity index (χ2v) is 3.34. The van der Waals surface area contributed by atoms with Crippen LogP contribution in [0.15, 0.2) is 30.6 Å². The number of rotatable bonds is 3. The van der Waals surface area contributed by atoms with Crippen molar-refractivity contribution in [1.29, 1.82) is 0 Å². The van der Waals surface area contributed by atoms with E-state index in [4.69, 9.17) is 5.11 Å². The zero-order chi connectivity index (χ0) is 13.1. The quantitative estimate of drug-likeness (QED) is 0.874. The van der Waals surface area contributed by atoms with E-state index >= 15 is 0 Å². The van der Waals surface area contributed by atoms with Gasteiger partial charge in [-0.2, -0.15) is 0 Å². The smallest absolute Gasteiger partial charge is 0.356 e. The van der Waals surface area contributed by atoms with Gasteiger partial charge in [0.1, 0.15) is 17.5 Å². The number of carbonyl (C=O) groups is 1. The average Bonchev–Trinajstić information content (AvgIpc) is 2.34. The predicted molar refractivity (Wildman–Crippen MR) is 58.6 cm³/mol. The zero-order valence-corrected chi connectivity index (χ0v) is 8.89. The maximum atomic E-state index is 13.3. The van der Waals surface area contributed by atoms with Gasteiger partial charge in [-0.3, -0.25) is 4.98 Å². The van der Waals surface area contributed by atoms with Gasteiger partial charge in [0.05, 0.1) is 18.1 Å². The number of aromatic nitrogens is 2. The lowest BCUT2D eigenvalue weighted by Gasteiger charge is -2.06. The summed E-state index contributed by atoms with van der Waals surface area (Å²) in [5, 5.41) is 11.2. The fourth-order valence-corrected chi connectivity index (χ4v) is 1.26. The SMILES string of the molecule is O=C(O)c1cncc(Nc2cc(F)ccc2F)n1. The van der Waals surface area contributed by atoms with Crippen LogP contribution in [-0.2, 0) is 0 Å². The van der Waals surface area contributed by atoms with Crippen LogP contribution in [0.4, 0.5) is 20.3 Å². The Balaban J connectivity index is 2.31. The first-order chi connectivity index (χ1) is 8.56. The normalized spacial score (nSPS) is 10.1. The van der Waals surface area contributed by atoms with Gasteiger partial charge in [0, 0.05) is 6.07 Å². The van der Waals surface area contributed by atoms with Gasteiger partial charge >= 0.3 is 5.97 Å². The lowest BCUT2D eigenvalue weighted by molar-refractivity contribution is 0.0690. The van der Waals surface area contributed by atoms with E-state index in [0.29, 0.717) is 0 Å².